The van der Waals surface area contributed by atoms with Crippen molar-refractivity contribution in [2.24, 2.45) is 5.92 Å². The summed E-state index contributed by atoms with van der Waals surface area (Å²) >= 11 is 0. The Hall–Kier alpha value is -1.04. The van der Waals surface area contributed by atoms with E-state index < -0.39 is 17.6 Å². The third kappa shape index (κ3) is 8.67. The largest absolute Gasteiger partial charge is 0.343 e. The number of aryl methyl sites for hydroxylation is 1. The second-order valence-corrected chi connectivity index (χ2v) is 7.27. The Morgan fingerprint density at radius 1 is 0.926 bits per heavy atom. The fraction of sp³-hybridized carbons (Fsp3) is 0.727. The van der Waals surface area contributed by atoms with Crippen molar-refractivity contribution in [1.82, 2.24) is 0 Å². The molecule has 0 aliphatic heterocycles. The zero-order valence-electron chi connectivity index (χ0n) is 17.1. The maximum absolute atomic E-state index is 13.7. The minimum atomic E-state index is -1.58. The Labute approximate surface area is 163 Å². The first-order valence-electron chi connectivity index (χ1n) is 10.2. The van der Waals surface area contributed by atoms with Crippen LogP contribution in [0.5, 0.6) is 0 Å². The number of halogens is 2. The fourth-order valence-corrected chi connectivity index (χ4v) is 3.53. The van der Waals surface area contributed by atoms with Crippen LogP contribution < -0.4 is 0 Å². The maximum atomic E-state index is 13.7. The van der Waals surface area contributed by atoms with E-state index >= 15 is 0 Å². The second-order valence-electron chi connectivity index (χ2n) is 7.27. The van der Waals surface area contributed by atoms with Crippen LogP contribution in [0, 0.1) is 17.6 Å². The van der Waals surface area contributed by atoms with E-state index in [9.17, 15) is 13.9 Å². The Morgan fingerprint density at radius 3 is 2.11 bits per heavy atom. The van der Waals surface area contributed by atoms with E-state index in [2.05, 4.69) is 6.92 Å². The van der Waals surface area contributed by atoms with Gasteiger partial charge >= 0.3 is 0 Å². The number of unbranched alkanes of at least 4 members (excludes halogenated alkanes) is 6. The van der Waals surface area contributed by atoms with Crippen molar-refractivity contribution < 1.29 is 23.4 Å². The standard InChI is InChI=1S/C22H36F2O3/c1-4-5-6-7-8-9-13-19(22(25,26-2)27-3)14-11-10-12-18-15-16-20(23)17-21(18)24/h15-17,19,25H,4-14H2,1-3H3. The number of rotatable bonds is 15. The summed E-state index contributed by atoms with van der Waals surface area (Å²) in [6.45, 7) is 2.20. The first-order valence-corrected chi connectivity index (χ1v) is 10.2. The molecule has 1 N–H and O–H groups in total. The topological polar surface area (TPSA) is 38.7 Å². The fourth-order valence-electron chi connectivity index (χ4n) is 3.53. The predicted octanol–water partition coefficient (Wildman–Crippen LogP) is 5.98. The quantitative estimate of drug-likeness (QED) is 0.297. The molecule has 0 amide bonds. The van der Waals surface area contributed by atoms with Crippen molar-refractivity contribution in [2.75, 3.05) is 14.2 Å². The lowest BCUT2D eigenvalue weighted by atomic mass is 9.91. The molecule has 1 aromatic carbocycles. The normalized spacial score (nSPS) is 13.1. The summed E-state index contributed by atoms with van der Waals surface area (Å²) < 4.78 is 37.1. The van der Waals surface area contributed by atoms with E-state index in [4.69, 9.17) is 9.47 Å². The molecule has 0 spiro atoms. The molecule has 0 bridgehead atoms. The minimum Gasteiger partial charge on any atom is -0.343 e. The summed E-state index contributed by atoms with van der Waals surface area (Å²) in [5.41, 5.74) is 0.526. The molecular weight excluding hydrogens is 350 g/mol. The highest BCUT2D eigenvalue weighted by atomic mass is 19.1. The van der Waals surface area contributed by atoms with E-state index in [-0.39, 0.29) is 5.92 Å². The van der Waals surface area contributed by atoms with Crippen LogP contribution in [0.2, 0.25) is 0 Å². The highest BCUT2D eigenvalue weighted by Crippen LogP contribution is 2.30. The smallest absolute Gasteiger partial charge is 0.282 e. The Balaban J connectivity index is 2.45. The number of hydrogen-bond acceptors (Lipinski definition) is 3. The van der Waals surface area contributed by atoms with E-state index in [1.54, 1.807) is 0 Å². The second kappa shape index (κ2) is 13.2. The molecule has 1 atom stereocenters. The number of benzene rings is 1. The molecule has 0 radical (unpaired) electrons. The van der Waals surface area contributed by atoms with Crippen LogP contribution in [0.4, 0.5) is 8.78 Å². The molecule has 0 aliphatic rings. The van der Waals surface area contributed by atoms with Crippen molar-refractivity contribution in [3.8, 4) is 0 Å². The van der Waals surface area contributed by atoms with Crippen molar-refractivity contribution in [3.63, 3.8) is 0 Å². The number of methoxy groups -OCH3 is 2. The third-order valence-corrected chi connectivity index (χ3v) is 5.27. The summed E-state index contributed by atoms with van der Waals surface area (Å²) in [4.78, 5) is 0. The zero-order valence-corrected chi connectivity index (χ0v) is 17.1. The van der Waals surface area contributed by atoms with Crippen LogP contribution >= 0.6 is 0 Å². The molecule has 5 heteroatoms. The molecule has 1 aromatic rings. The molecule has 0 fully saturated rings. The van der Waals surface area contributed by atoms with Gasteiger partial charge < -0.3 is 14.6 Å². The van der Waals surface area contributed by atoms with Crippen molar-refractivity contribution in [1.29, 1.82) is 0 Å². The molecule has 27 heavy (non-hydrogen) atoms. The molecule has 0 heterocycles. The van der Waals surface area contributed by atoms with E-state index in [0.717, 1.165) is 44.6 Å². The van der Waals surface area contributed by atoms with Crippen LogP contribution in [-0.2, 0) is 15.9 Å². The van der Waals surface area contributed by atoms with Gasteiger partial charge in [-0.05, 0) is 37.3 Å². The van der Waals surface area contributed by atoms with E-state index in [0.29, 0.717) is 12.0 Å². The van der Waals surface area contributed by atoms with Crippen molar-refractivity contribution in [3.05, 3.63) is 35.4 Å². The highest BCUT2D eigenvalue weighted by molar-refractivity contribution is 5.18. The first kappa shape index (κ1) is 24.0. The van der Waals surface area contributed by atoms with Crippen LogP contribution in [0.15, 0.2) is 18.2 Å². The maximum Gasteiger partial charge on any atom is 0.282 e. The molecule has 3 nitrogen and oxygen atoms in total. The Kier molecular flexibility index (Phi) is 11.7. The minimum absolute atomic E-state index is 0.128. The van der Waals surface area contributed by atoms with Gasteiger partial charge in [0.25, 0.3) is 5.97 Å². The van der Waals surface area contributed by atoms with Gasteiger partial charge in [0, 0.05) is 26.2 Å². The van der Waals surface area contributed by atoms with E-state index in [1.165, 1.54) is 52.0 Å². The van der Waals surface area contributed by atoms with Gasteiger partial charge in [0.05, 0.1) is 0 Å². The predicted molar refractivity (Wildman–Crippen MR) is 104 cm³/mol. The van der Waals surface area contributed by atoms with Gasteiger partial charge in [-0.2, -0.15) is 0 Å². The van der Waals surface area contributed by atoms with Gasteiger partial charge in [0.15, 0.2) is 0 Å². The summed E-state index contributed by atoms with van der Waals surface area (Å²) in [6, 6.07) is 3.71. The number of ether oxygens (including phenoxy) is 2. The van der Waals surface area contributed by atoms with Gasteiger partial charge in [-0.25, -0.2) is 8.78 Å². The van der Waals surface area contributed by atoms with Gasteiger partial charge in [0.1, 0.15) is 11.6 Å². The third-order valence-electron chi connectivity index (χ3n) is 5.27. The van der Waals surface area contributed by atoms with Crippen LogP contribution in [0.1, 0.15) is 76.7 Å². The van der Waals surface area contributed by atoms with Crippen LogP contribution in [-0.4, -0.2) is 25.3 Å². The molecule has 156 valence electrons. The molecule has 0 saturated heterocycles. The average Bonchev–Trinajstić information content (AvgIpc) is 2.66. The summed E-state index contributed by atoms with van der Waals surface area (Å²) in [7, 11) is 2.90. The molecular formula is C22H36F2O3. The van der Waals surface area contributed by atoms with Gasteiger partial charge in [-0.3, -0.25) is 0 Å². The molecule has 1 rings (SSSR count). The van der Waals surface area contributed by atoms with Gasteiger partial charge in [-0.1, -0.05) is 57.9 Å². The van der Waals surface area contributed by atoms with Crippen molar-refractivity contribution >= 4 is 0 Å². The summed E-state index contributed by atoms with van der Waals surface area (Å²) in [5, 5.41) is 10.6. The lowest BCUT2D eigenvalue weighted by Gasteiger charge is -2.33. The molecule has 0 aromatic heterocycles. The lowest BCUT2D eigenvalue weighted by molar-refractivity contribution is -0.369. The van der Waals surface area contributed by atoms with Gasteiger partial charge in [-0.15, -0.1) is 0 Å². The zero-order chi connectivity index (χ0) is 20.1. The monoisotopic (exact) mass is 386 g/mol. The van der Waals surface area contributed by atoms with Crippen molar-refractivity contribution in [2.45, 2.75) is 83.5 Å². The number of aliphatic hydroxyl groups is 1. The van der Waals surface area contributed by atoms with Crippen LogP contribution in [0.25, 0.3) is 0 Å². The molecule has 1 unspecified atom stereocenters. The average molecular weight is 387 g/mol. The number of hydrogen-bond donors (Lipinski definition) is 1. The lowest BCUT2D eigenvalue weighted by Crippen LogP contribution is -2.42. The molecule has 0 aliphatic carbocycles. The summed E-state index contributed by atoms with van der Waals surface area (Å²) in [5.74, 6) is -2.76. The summed E-state index contributed by atoms with van der Waals surface area (Å²) in [6.07, 6.45) is 10.8. The first-order chi connectivity index (χ1) is 13.0. The molecule has 0 saturated carbocycles. The van der Waals surface area contributed by atoms with Crippen LogP contribution in [0.3, 0.4) is 0 Å². The highest BCUT2D eigenvalue weighted by Gasteiger charge is 2.36. The van der Waals surface area contributed by atoms with Gasteiger partial charge in [0.2, 0.25) is 0 Å². The SMILES string of the molecule is CCCCCCCCC(CCCCc1ccc(F)cc1F)C(O)(OC)OC. The Bertz CT molecular complexity index is 518. The Morgan fingerprint density at radius 2 is 1.52 bits per heavy atom. The van der Waals surface area contributed by atoms with E-state index in [1.807, 2.05) is 0 Å².